The third kappa shape index (κ3) is 3.32. The largest absolute Gasteiger partial charge is 0.623 e. The van der Waals surface area contributed by atoms with Gasteiger partial charge in [-0.15, -0.1) is 0 Å². The van der Waals surface area contributed by atoms with Crippen molar-refractivity contribution in [1.29, 1.82) is 0 Å². The van der Waals surface area contributed by atoms with Crippen molar-refractivity contribution in [1.82, 2.24) is 0 Å². The molecule has 0 amide bonds. The molecule has 1 heterocycles. The minimum Gasteiger partial charge on any atom is -0.623 e. The number of hydroxylamine groups is 1. The van der Waals surface area contributed by atoms with Gasteiger partial charge in [-0.25, -0.2) is 4.79 Å². The summed E-state index contributed by atoms with van der Waals surface area (Å²) in [4.78, 5) is 11.8. The summed E-state index contributed by atoms with van der Waals surface area (Å²) in [5.74, 6) is -0.561. The predicted molar refractivity (Wildman–Crippen MR) is 70.0 cm³/mol. The summed E-state index contributed by atoms with van der Waals surface area (Å²) in [6.07, 6.45) is 2.55. The fourth-order valence-corrected chi connectivity index (χ4v) is 2.16. The van der Waals surface area contributed by atoms with Crippen molar-refractivity contribution in [2.75, 3.05) is 13.7 Å². The summed E-state index contributed by atoms with van der Waals surface area (Å²) < 4.78 is 10.8. The molecule has 5 nitrogen and oxygen atoms in total. The van der Waals surface area contributed by atoms with Gasteiger partial charge in [0.15, 0.2) is 6.21 Å². The van der Waals surface area contributed by atoms with E-state index in [4.69, 9.17) is 9.47 Å². The Morgan fingerprint density at radius 2 is 2.26 bits per heavy atom. The molecule has 0 radical (unpaired) electrons. The molecule has 0 spiro atoms. The lowest BCUT2D eigenvalue weighted by atomic mass is 10.1. The summed E-state index contributed by atoms with van der Waals surface area (Å²) in [5.41, 5.74) is 0.740. The SMILES string of the molecule is COC(=O)C([C@@H]1CCCO1)/[N+]([O-])=C/c1ccccc1. The summed E-state index contributed by atoms with van der Waals surface area (Å²) in [5, 5.41) is 12.2. The molecule has 0 N–H and O–H groups in total. The molecule has 1 aromatic rings. The second-order valence-corrected chi connectivity index (χ2v) is 4.42. The Kier molecular flexibility index (Phi) is 4.52. The van der Waals surface area contributed by atoms with Gasteiger partial charge >= 0.3 is 5.97 Å². The zero-order valence-corrected chi connectivity index (χ0v) is 10.8. The minimum atomic E-state index is -0.937. The molecule has 1 aliphatic heterocycles. The average Bonchev–Trinajstić information content (AvgIpc) is 2.93. The molecule has 0 saturated carbocycles. The van der Waals surface area contributed by atoms with Crippen LogP contribution in [0.1, 0.15) is 18.4 Å². The Bertz CT molecular complexity index is 452. The lowest BCUT2D eigenvalue weighted by molar-refractivity contribution is -0.496. The van der Waals surface area contributed by atoms with Crippen LogP contribution in [0.25, 0.3) is 0 Å². The summed E-state index contributed by atoms with van der Waals surface area (Å²) in [6.45, 7) is 0.581. The molecule has 0 aromatic heterocycles. The first-order valence-corrected chi connectivity index (χ1v) is 6.27. The van der Waals surface area contributed by atoms with Gasteiger partial charge in [-0.2, -0.15) is 4.74 Å². The fraction of sp³-hybridized carbons (Fsp3) is 0.429. The molecular formula is C14H17NO4. The standard InChI is InChI=1S/C14H17NO4/c1-18-14(16)13(12-8-5-9-19-12)15(17)10-11-6-3-2-4-7-11/h2-4,6-7,10,12-13H,5,8-9H2,1H3/b15-10-/t12-,13?/m0/s1. The number of benzene rings is 1. The molecule has 1 unspecified atom stereocenters. The third-order valence-electron chi connectivity index (χ3n) is 3.11. The van der Waals surface area contributed by atoms with Crippen LogP contribution in [0.2, 0.25) is 0 Å². The monoisotopic (exact) mass is 263 g/mol. The van der Waals surface area contributed by atoms with Crippen LogP contribution in [0.3, 0.4) is 0 Å². The Morgan fingerprint density at radius 3 is 2.84 bits per heavy atom. The van der Waals surface area contributed by atoms with Gasteiger partial charge < -0.3 is 14.7 Å². The molecule has 19 heavy (non-hydrogen) atoms. The maximum absolute atomic E-state index is 12.2. The Labute approximate surface area is 112 Å². The number of carbonyl (C=O) groups is 1. The lowest BCUT2D eigenvalue weighted by Crippen LogP contribution is -2.42. The van der Waals surface area contributed by atoms with Crippen LogP contribution < -0.4 is 0 Å². The van der Waals surface area contributed by atoms with Crippen molar-refractivity contribution in [2.24, 2.45) is 0 Å². The van der Waals surface area contributed by atoms with Crippen LogP contribution in [0.4, 0.5) is 0 Å². The van der Waals surface area contributed by atoms with Crippen LogP contribution in [0.15, 0.2) is 30.3 Å². The molecule has 1 aliphatic rings. The number of rotatable bonds is 4. The summed E-state index contributed by atoms with van der Waals surface area (Å²) in [6, 6.07) is 8.19. The van der Waals surface area contributed by atoms with Gasteiger partial charge in [-0.1, -0.05) is 18.2 Å². The van der Waals surface area contributed by atoms with Gasteiger partial charge in [0.1, 0.15) is 6.10 Å². The van der Waals surface area contributed by atoms with Crippen molar-refractivity contribution in [3.05, 3.63) is 41.1 Å². The Balaban J connectivity index is 2.22. The Hall–Kier alpha value is -1.88. The van der Waals surface area contributed by atoms with Crippen LogP contribution in [-0.2, 0) is 14.3 Å². The Morgan fingerprint density at radius 1 is 1.53 bits per heavy atom. The van der Waals surface area contributed by atoms with E-state index in [2.05, 4.69) is 0 Å². The molecule has 1 aromatic carbocycles. The zero-order chi connectivity index (χ0) is 13.7. The van der Waals surface area contributed by atoms with Crippen molar-refractivity contribution in [2.45, 2.75) is 25.0 Å². The van der Waals surface area contributed by atoms with Crippen LogP contribution in [0, 0.1) is 5.21 Å². The first-order chi connectivity index (χ1) is 9.22. The van der Waals surface area contributed by atoms with Crippen LogP contribution in [0.5, 0.6) is 0 Å². The maximum atomic E-state index is 12.2. The van der Waals surface area contributed by atoms with Gasteiger partial charge in [0.2, 0.25) is 0 Å². The van der Waals surface area contributed by atoms with E-state index in [0.29, 0.717) is 17.8 Å². The molecule has 2 rings (SSSR count). The summed E-state index contributed by atoms with van der Waals surface area (Å²) in [7, 11) is 1.28. The van der Waals surface area contributed by atoms with E-state index in [1.807, 2.05) is 18.2 Å². The molecule has 102 valence electrons. The number of nitrogens with zero attached hydrogens (tertiary/aromatic N) is 1. The summed E-state index contributed by atoms with van der Waals surface area (Å²) >= 11 is 0. The highest BCUT2D eigenvalue weighted by atomic mass is 16.5. The normalized spacial score (nSPS) is 21.1. The van der Waals surface area contributed by atoms with Gasteiger partial charge in [-0.3, -0.25) is 0 Å². The van der Waals surface area contributed by atoms with Gasteiger partial charge in [0.25, 0.3) is 6.04 Å². The van der Waals surface area contributed by atoms with E-state index in [0.717, 1.165) is 12.0 Å². The molecular weight excluding hydrogens is 246 g/mol. The number of hydrogen-bond donors (Lipinski definition) is 0. The first kappa shape index (κ1) is 13.5. The second kappa shape index (κ2) is 6.33. The topological polar surface area (TPSA) is 61.6 Å². The quantitative estimate of drug-likeness (QED) is 0.270. The van der Waals surface area contributed by atoms with Crippen LogP contribution in [-0.4, -0.2) is 42.8 Å². The first-order valence-electron chi connectivity index (χ1n) is 6.27. The van der Waals surface area contributed by atoms with Gasteiger partial charge in [-0.05, 0) is 25.0 Å². The zero-order valence-electron chi connectivity index (χ0n) is 10.8. The second-order valence-electron chi connectivity index (χ2n) is 4.42. The number of ether oxygens (including phenoxy) is 2. The van der Waals surface area contributed by atoms with Crippen molar-refractivity contribution in [3.8, 4) is 0 Å². The molecule has 0 aliphatic carbocycles. The van der Waals surface area contributed by atoms with E-state index in [-0.39, 0.29) is 0 Å². The number of methoxy groups -OCH3 is 1. The minimum absolute atomic E-state index is 0.398. The molecule has 0 bridgehead atoms. The van der Waals surface area contributed by atoms with Crippen molar-refractivity contribution in [3.63, 3.8) is 0 Å². The van der Waals surface area contributed by atoms with Crippen LogP contribution >= 0.6 is 0 Å². The van der Waals surface area contributed by atoms with E-state index in [1.54, 1.807) is 12.1 Å². The molecule has 1 fully saturated rings. The highest BCUT2D eigenvalue weighted by molar-refractivity contribution is 5.79. The molecule has 2 atom stereocenters. The molecule has 1 saturated heterocycles. The maximum Gasteiger partial charge on any atom is 0.379 e. The highest BCUT2D eigenvalue weighted by Gasteiger charge is 2.39. The highest BCUT2D eigenvalue weighted by Crippen LogP contribution is 2.18. The van der Waals surface area contributed by atoms with Crippen molar-refractivity contribution < 1.29 is 19.0 Å². The predicted octanol–water partition coefficient (Wildman–Crippen LogP) is 1.34. The van der Waals surface area contributed by atoms with E-state index < -0.39 is 18.1 Å². The van der Waals surface area contributed by atoms with E-state index in [9.17, 15) is 10.0 Å². The smallest absolute Gasteiger partial charge is 0.379 e. The third-order valence-corrected chi connectivity index (χ3v) is 3.11. The average molecular weight is 263 g/mol. The lowest BCUT2D eigenvalue weighted by Gasteiger charge is -2.19. The fourth-order valence-electron chi connectivity index (χ4n) is 2.16. The van der Waals surface area contributed by atoms with Crippen molar-refractivity contribution >= 4 is 12.2 Å². The number of carbonyl (C=O) groups excluding carboxylic acids is 1. The van der Waals surface area contributed by atoms with E-state index >= 15 is 0 Å². The van der Waals surface area contributed by atoms with E-state index in [1.165, 1.54) is 13.3 Å². The molecule has 5 heteroatoms. The number of esters is 1. The van der Waals surface area contributed by atoms with Gasteiger partial charge in [0.05, 0.1) is 7.11 Å². The van der Waals surface area contributed by atoms with Gasteiger partial charge in [0, 0.05) is 12.2 Å². The number of hydrogen-bond acceptors (Lipinski definition) is 4.